The maximum atomic E-state index is 12.1. The van der Waals surface area contributed by atoms with E-state index in [1.54, 1.807) is 6.92 Å². The second kappa shape index (κ2) is 9.18. The fourth-order valence-corrected chi connectivity index (χ4v) is 2.76. The Bertz CT molecular complexity index is 793. The van der Waals surface area contributed by atoms with E-state index in [0.29, 0.717) is 30.8 Å². The first kappa shape index (κ1) is 19.7. The second-order valence-electron chi connectivity index (χ2n) is 6.58. The molecule has 2 aromatic carbocycles. The predicted molar refractivity (Wildman–Crippen MR) is 102 cm³/mol. The van der Waals surface area contributed by atoms with E-state index in [1.807, 2.05) is 57.2 Å². The van der Waals surface area contributed by atoms with E-state index in [2.05, 4.69) is 0 Å². The topological polar surface area (TPSA) is 52.6 Å². The zero-order chi connectivity index (χ0) is 19.1. The Kier molecular flexibility index (Phi) is 6.96. The minimum atomic E-state index is -0.251. The first-order valence-corrected chi connectivity index (χ1v) is 8.96. The molecule has 0 spiro atoms. The SMILES string of the molecule is CCC(=O)Oc1cc(C)cc(CCCC(=O)Oc2ccc(C)cc2C)c1. The summed E-state index contributed by atoms with van der Waals surface area (Å²) in [6.45, 7) is 7.66. The number of aryl methyl sites for hydroxylation is 4. The molecule has 0 heterocycles. The fraction of sp³-hybridized carbons (Fsp3) is 0.364. The van der Waals surface area contributed by atoms with Crippen LogP contribution < -0.4 is 9.47 Å². The van der Waals surface area contributed by atoms with Gasteiger partial charge in [-0.2, -0.15) is 0 Å². The van der Waals surface area contributed by atoms with Crippen molar-refractivity contribution >= 4 is 11.9 Å². The van der Waals surface area contributed by atoms with Gasteiger partial charge in [-0.05, 0) is 68.5 Å². The van der Waals surface area contributed by atoms with Gasteiger partial charge in [0.2, 0.25) is 0 Å². The van der Waals surface area contributed by atoms with Crippen LogP contribution in [0.15, 0.2) is 36.4 Å². The number of carbonyl (C=O) groups is 2. The van der Waals surface area contributed by atoms with Crippen LogP contribution in [0.4, 0.5) is 0 Å². The molecule has 0 aliphatic heterocycles. The Hall–Kier alpha value is -2.62. The van der Waals surface area contributed by atoms with E-state index < -0.39 is 0 Å². The van der Waals surface area contributed by atoms with Crippen molar-refractivity contribution in [3.8, 4) is 11.5 Å². The van der Waals surface area contributed by atoms with E-state index in [0.717, 1.165) is 28.7 Å². The van der Waals surface area contributed by atoms with Crippen molar-refractivity contribution in [1.82, 2.24) is 0 Å². The Balaban J connectivity index is 1.88. The van der Waals surface area contributed by atoms with E-state index >= 15 is 0 Å². The van der Waals surface area contributed by atoms with Crippen LogP contribution >= 0.6 is 0 Å². The molecule has 0 unspecified atom stereocenters. The van der Waals surface area contributed by atoms with Gasteiger partial charge in [0.1, 0.15) is 11.5 Å². The lowest BCUT2D eigenvalue weighted by Crippen LogP contribution is -2.09. The molecule has 0 aromatic heterocycles. The summed E-state index contributed by atoms with van der Waals surface area (Å²) in [4.78, 5) is 23.5. The van der Waals surface area contributed by atoms with Gasteiger partial charge in [0.15, 0.2) is 0 Å². The first-order valence-electron chi connectivity index (χ1n) is 8.96. The van der Waals surface area contributed by atoms with Gasteiger partial charge in [-0.1, -0.05) is 30.7 Å². The lowest BCUT2D eigenvalue weighted by molar-refractivity contribution is -0.135. The van der Waals surface area contributed by atoms with Crippen LogP contribution in [0.25, 0.3) is 0 Å². The van der Waals surface area contributed by atoms with Gasteiger partial charge in [0.25, 0.3) is 0 Å². The molecular formula is C22H26O4. The minimum absolute atomic E-state index is 0.234. The van der Waals surface area contributed by atoms with Crippen LogP contribution in [0.1, 0.15) is 48.4 Å². The third-order valence-electron chi connectivity index (χ3n) is 4.03. The average Bonchev–Trinajstić information content (AvgIpc) is 2.57. The summed E-state index contributed by atoms with van der Waals surface area (Å²) in [5.74, 6) is 0.690. The number of rotatable bonds is 7. The van der Waals surface area contributed by atoms with Crippen LogP contribution in [0.2, 0.25) is 0 Å². The largest absolute Gasteiger partial charge is 0.427 e. The Labute approximate surface area is 155 Å². The average molecular weight is 354 g/mol. The molecule has 0 fully saturated rings. The smallest absolute Gasteiger partial charge is 0.311 e. The van der Waals surface area contributed by atoms with Crippen molar-refractivity contribution in [3.63, 3.8) is 0 Å². The number of hydrogen-bond donors (Lipinski definition) is 0. The highest BCUT2D eigenvalue weighted by Gasteiger charge is 2.09. The molecule has 0 amide bonds. The second-order valence-corrected chi connectivity index (χ2v) is 6.58. The van der Waals surface area contributed by atoms with Crippen LogP contribution in [0.3, 0.4) is 0 Å². The van der Waals surface area contributed by atoms with Gasteiger partial charge in [0.05, 0.1) is 0 Å². The maximum Gasteiger partial charge on any atom is 0.311 e. The highest BCUT2D eigenvalue weighted by molar-refractivity contribution is 5.73. The minimum Gasteiger partial charge on any atom is -0.427 e. The molecule has 0 radical (unpaired) electrons. The molecule has 0 N–H and O–H groups in total. The summed E-state index contributed by atoms with van der Waals surface area (Å²) in [7, 11) is 0. The van der Waals surface area contributed by atoms with Crippen molar-refractivity contribution in [2.45, 2.75) is 53.4 Å². The standard InChI is InChI=1S/C22H26O4/c1-5-21(23)25-19-13-16(3)12-18(14-19)7-6-8-22(24)26-20-10-9-15(2)11-17(20)4/h9-14H,5-8H2,1-4H3. The van der Waals surface area contributed by atoms with E-state index in [1.165, 1.54) is 0 Å². The highest BCUT2D eigenvalue weighted by atomic mass is 16.5. The molecular weight excluding hydrogens is 328 g/mol. The number of carbonyl (C=O) groups excluding carboxylic acids is 2. The monoisotopic (exact) mass is 354 g/mol. The molecule has 138 valence electrons. The summed E-state index contributed by atoms with van der Waals surface area (Å²) < 4.78 is 10.7. The Morgan fingerprint density at radius 3 is 2.35 bits per heavy atom. The molecule has 0 aliphatic carbocycles. The van der Waals surface area contributed by atoms with Gasteiger partial charge in [-0.25, -0.2) is 0 Å². The van der Waals surface area contributed by atoms with Crippen molar-refractivity contribution in [3.05, 3.63) is 58.7 Å². The molecule has 4 nitrogen and oxygen atoms in total. The van der Waals surface area contributed by atoms with Crippen molar-refractivity contribution in [2.75, 3.05) is 0 Å². The van der Waals surface area contributed by atoms with Gasteiger partial charge < -0.3 is 9.47 Å². The number of esters is 2. The van der Waals surface area contributed by atoms with Gasteiger partial charge >= 0.3 is 11.9 Å². The van der Waals surface area contributed by atoms with Gasteiger partial charge in [-0.3, -0.25) is 9.59 Å². The molecule has 2 rings (SSSR count). The summed E-state index contributed by atoms with van der Waals surface area (Å²) in [5, 5.41) is 0. The zero-order valence-electron chi connectivity index (χ0n) is 15.9. The molecule has 4 heteroatoms. The number of benzene rings is 2. The molecule has 0 atom stereocenters. The molecule has 0 aliphatic rings. The zero-order valence-corrected chi connectivity index (χ0v) is 15.9. The Morgan fingerprint density at radius 1 is 0.885 bits per heavy atom. The van der Waals surface area contributed by atoms with Gasteiger partial charge in [0, 0.05) is 12.8 Å². The molecule has 0 bridgehead atoms. The summed E-state index contributed by atoms with van der Waals surface area (Å²) in [5.41, 5.74) is 4.17. The fourth-order valence-electron chi connectivity index (χ4n) is 2.76. The van der Waals surface area contributed by atoms with Crippen LogP contribution in [-0.4, -0.2) is 11.9 Å². The highest BCUT2D eigenvalue weighted by Crippen LogP contribution is 2.21. The number of hydrogen-bond acceptors (Lipinski definition) is 4. The van der Waals surface area contributed by atoms with Crippen molar-refractivity contribution < 1.29 is 19.1 Å². The van der Waals surface area contributed by atoms with Gasteiger partial charge in [-0.15, -0.1) is 0 Å². The molecule has 2 aromatic rings. The molecule has 0 saturated carbocycles. The van der Waals surface area contributed by atoms with Crippen LogP contribution in [-0.2, 0) is 16.0 Å². The van der Waals surface area contributed by atoms with E-state index in [-0.39, 0.29) is 11.9 Å². The lowest BCUT2D eigenvalue weighted by atomic mass is 10.1. The first-order chi connectivity index (χ1) is 12.4. The van der Waals surface area contributed by atoms with Crippen LogP contribution in [0, 0.1) is 20.8 Å². The maximum absolute atomic E-state index is 12.1. The summed E-state index contributed by atoms with van der Waals surface area (Å²) in [6, 6.07) is 11.5. The van der Waals surface area contributed by atoms with Crippen molar-refractivity contribution in [2.24, 2.45) is 0 Å². The third-order valence-corrected chi connectivity index (χ3v) is 4.03. The molecule has 26 heavy (non-hydrogen) atoms. The summed E-state index contributed by atoms with van der Waals surface area (Å²) >= 11 is 0. The van der Waals surface area contributed by atoms with Crippen molar-refractivity contribution in [1.29, 1.82) is 0 Å². The predicted octanol–water partition coefficient (Wildman–Crippen LogP) is 4.86. The van der Waals surface area contributed by atoms with E-state index in [4.69, 9.17) is 9.47 Å². The quantitative estimate of drug-likeness (QED) is 0.526. The normalized spacial score (nSPS) is 10.5. The Morgan fingerprint density at radius 2 is 1.65 bits per heavy atom. The third kappa shape index (κ3) is 6.03. The van der Waals surface area contributed by atoms with Crippen LogP contribution in [0.5, 0.6) is 11.5 Å². The van der Waals surface area contributed by atoms with E-state index in [9.17, 15) is 9.59 Å². The number of ether oxygens (including phenoxy) is 2. The lowest BCUT2D eigenvalue weighted by Gasteiger charge is -2.09. The molecule has 0 saturated heterocycles. The summed E-state index contributed by atoms with van der Waals surface area (Å²) in [6.07, 6.45) is 2.08.